The molecule has 0 saturated heterocycles. The summed E-state index contributed by atoms with van der Waals surface area (Å²) in [7, 11) is 0. The maximum absolute atomic E-state index is 14.3. The van der Waals surface area contributed by atoms with Crippen molar-refractivity contribution in [3.8, 4) is 10.4 Å². The van der Waals surface area contributed by atoms with E-state index in [4.69, 9.17) is 17.3 Å². The number of carboxylic acids is 1. The highest BCUT2D eigenvalue weighted by molar-refractivity contribution is 7.19. The van der Waals surface area contributed by atoms with Crippen LogP contribution >= 0.6 is 22.9 Å². The number of nitrogens with one attached hydrogen (secondary N) is 1. The number of anilines is 1. The van der Waals surface area contributed by atoms with E-state index in [2.05, 4.69) is 5.32 Å². The highest BCUT2D eigenvalue weighted by Gasteiger charge is 2.48. The lowest BCUT2D eigenvalue weighted by molar-refractivity contribution is -0.151. The van der Waals surface area contributed by atoms with Crippen LogP contribution in [0.5, 0.6) is 0 Å². The van der Waals surface area contributed by atoms with Gasteiger partial charge in [0.25, 0.3) is 5.91 Å². The van der Waals surface area contributed by atoms with Crippen LogP contribution in [0.2, 0.25) is 4.34 Å². The van der Waals surface area contributed by atoms with Crippen molar-refractivity contribution >= 4 is 46.4 Å². The van der Waals surface area contributed by atoms with Gasteiger partial charge in [0.15, 0.2) is 0 Å². The lowest BCUT2D eigenvalue weighted by Gasteiger charge is -2.50. The van der Waals surface area contributed by atoms with E-state index in [9.17, 15) is 19.5 Å². The Kier molecular flexibility index (Phi) is 8.04. The van der Waals surface area contributed by atoms with Crippen molar-refractivity contribution in [2.24, 2.45) is 17.6 Å². The van der Waals surface area contributed by atoms with Gasteiger partial charge in [0, 0.05) is 22.0 Å². The predicted octanol–water partition coefficient (Wildman–Crippen LogP) is 6.37. The molecule has 1 atom stereocenters. The number of fused-ring (bicyclic) bond motifs is 1. The molecule has 1 unspecified atom stereocenters. The van der Waals surface area contributed by atoms with E-state index in [0.717, 1.165) is 47.3 Å². The average molecular weight is 580 g/mol. The van der Waals surface area contributed by atoms with Crippen LogP contribution in [0.25, 0.3) is 10.4 Å². The lowest BCUT2D eigenvalue weighted by Crippen LogP contribution is -2.58. The molecule has 9 heteroatoms. The zero-order chi connectivity index (χ0) is 28.6. The van der Waals surface area contributed by atoms with Gasteiger partial charge in [-0.2, -0.15) is 0 Å². The second kappa shape index (κ2) is 11.4. The van der Waals surface area contributed by atoms with Crippen LogP contribution in [0, 0.1) is 11.8 Å². The molecule has 2 amide bonds. The Balaban J connectivity index is 1.56. The van der Waals surface area contributed by atoms with E-state index in [-0.39, 0.29) is 23.3 Å². The van der Waals surface area contributed by atoms with Gasteiger partial charge in [-0.05, 0) is 112 Å². The normalized spacial score (nSPS) is 21.9. The molecule has 1 saturated carbocycles. The minimum absolute atomic E-state index is 0.00272. The van der Waals surface area contributed by atoms with Gasteiger partial charge in [-0.25, -0.2) is 4.79 Å². The summed E-state index contributed by atoms with van der Waals surface area (Å²) < 4.78 is 0.687. The van der Waals surface area contributed by atoms with Gasteiger partial charge in [-0.15, -0.1) is 11.3 Å². The third-order valence-corrected chi connectivity index (χ3v) is 9.54. The number of hydrogen-bond acceptors (Lipinski definition) is 5. The SMILES string of the molecule is CC1(C)Cc2c(-c3ccc(Cl)s3)cccc2C(C(=O)Nc2ccc(C(=O)O)cc2)N1C(=O)C1CCC(CN)CC1. The van der Waals surface area contributed by atoms with E-state index in [1.54, 1.807) is 17.0 Å². The molecule has 1 aromatic heterocycles. The van der Waals surface area contributed by atoms with Gasteiger partial charge in [-0.3, -0.25) is 9.59 Å². The van der Waals surface area contributed by atoms with Crippen LogP contribution in [0.15, 0.2) is 54.6 Å². The Morgan fingerprint density at radius 2 is 1.75 bits per heavy atom. The van der Waals surface area contributed by atoms with Gasteiger partial charge in [0.05, 0.1) is 9.90 Å². The summed E-state index contributed by atoms with van der Waals surface area (Å²) in [5, 5.41) is 12.2. The summed E-state index contributed by atoms with van der Waals surface area (Å²) in [6.07, 6.45) is 3.94. The van der Waals surface area contributed by atoms with Crippen molar-refractivity contribution in [3.05, 3.63) is 75.6 Å². The van der Waals surface area contributed by atoms with E-state index in [1.807, 2.05) is 44.2 Å². The van der Waals surface area contributed by atoms with Crippen LogP contribution in [0.1, 0.15) is 67.1 Å². The first-order chi connectivity index (χ1) is 19.1. The molecular formula is C31H34ClN3O4S. The number of nitrogens with two attached hydrogens (primary N) is 1. The first kappa shape index (κ1) is 28.3. The molecule has 3 aromatic rings. The molecule has 40 heavy (non-hydrogen) atoms. The minimum Gasteiger partial charge on any atom is -0.478 e. The standard InChI is InChI=1S/C31H34ClN3O4S/c1-31(2)16-24-22(25-14-15-26(32)40-25)4-3-5-23(24)27(28(36)34-21-12-10-20(11-13-21)30(38)39)35(31)29(37)19-8-6-18(17-33)7-9-19/h3-5,10-15,18-19,27H,6-9,16-17,33H2,1-2H3,(H,34,36)(H,38,39). The molecule has 0 bridgehead atoms. The Bertz CT molecular complexity index is 1430. The van der Waals surface area contributed by atoms with Gasteiger partial charge in [0.1, 0.15) is 6.04 Å². The Morgan fingerprint density at radius 1 is 1.05 bits per heavy atom. The van der Waals surface area contributed by atoms with Crippen molar-refractivity contribution < 1.29 is 19.5 Å². The van der Waals surface area contributed by atoms with E-state index in [0.29, 0.717) is 28.9 Å². The molecular weight excluding hydrogens is 546 g/mol. The molecule has 5 rings (SSSR count). The fraction of sp³-hybridized carbons (Fsp3) is 0.387. The minimum atomic E-state index is -1.04. The van der Waals surface area contributed by atoms with Crippen molar-refractivity contribution in [2.75, 3.05) is 11.9 Å². The fourth-order valence-electron chi connectivity index (χ4n) is 6.19. The number of aromatic carboxylic acids is 1. The number of benzene rings is 2. The molecule has 7 nitrogen and oxygen atoms in total. The highest BCUT2D eigenvalue weighted by atomic mass is 35.5. The number of amides is 2. The first-order valence-electron chi connectivity index (χ1n) is 13.6. The van der Waals surface area contributed by atoms with Crippen molar-refractivity contribution in [3.63, 3.8) is 0 Å². The van der Waals surface area contributed by atoms with Gasteiger partial charge in [0.2, 0.25) is 5.91 Å². The molecule has 2 aromatic carbocycles. The quantitative estimate of drug-likeness (QED) is 0.314. The molecule has 1 aliphatic carbocycles. The lowest BCUT2D eigenvalue weighted by atomic mass is 9.76. The topological polar surface area (TPSA) is 113 Å². The number of carbonyl (C=O) groups is 3. The predicted molar refractivity (Wildman–Crippen MR) is 159 cm³/mol. The number of rotatable bonds is 6. The summed E-state index contributed by atoms with van der Waals surface area (Å²) >= 11 is 7.77. The summed E-state index contributed by atoms with van der Waals surface area (Å²) in [6, 6.07) is 15.0. The van der Waals surface area contributed by atoms with Crippen LogP contribution in [0.3, 0.4) is 0 Å². The van der Waals surface area contributed by atoms with Crippen molar-refractivity contribution in [2.45, 2.75) is 57.5 Å². The summed E-state index contributed by atoms with van der Waals surface area (Å²) in [5.74, 6) is -1.09. The summed E-state index contributed by atoms with van der Waals surface area (Å²) in [4.78, 5) is 42.5. The van der Waals surface area contributed by atoms with Crippen molar-refractivity contribution in [1.29, 1.82) is 0 Å². The zero-order valence-corrected chi connectivity index (χ0v) is 24.2. The highest BCUT2D eigenvalue weighted by Crippen LogP contribution is 2.46. The second-order valence-corrected chi connectivity index (χ2v) is 13.1. The molecule has 2 heterocycles. The third-order valence-electron chi connectivity index (χ3n) is 8.28. The van der Waals surface area contributed by atoms with Gasteiger partial charge in [-0.1, -0.05) is 29.8 Å². The second-order valence-electron chi connectivity index (χ2n) is 11.4. The summed E-state index contributed by atoms with van der Waals surface area (Å²) in [6.45, 7) is 4.68. The molecule has 2 aliphatic rings. The molecule has 1 fully saturated rings. The Morgan fingerprint density at radius 3 is 2.35 bits per heavy atom. The largest absolute Gasteiger partial charge is 0.478 e. The Hall–Kier alpha value is -3.20. The molecule has 4 N–H and O–H groups in total. The monoisotopic (exact) mass is 579 g/mol. The molecule has 0 spiro atoms. The number of thiophene rings is 1. The summed E-state index contributed by atoms with van der Waals surface area (Å²) in [5.41, 5.74) is 8.71. The fourth-order valence-corrected chi connectivity index (χ4v) is 7.28. The number of carboxylic acid groups (broad SMARTS) is 1. The van der Waals surface area contributed by atoms with Crippen LogP contribution < -0.4 is 11.1 Å². The Labute approximate surface area is 243 Å². The van der Waals surface area contributed by atoms with Gasteiger partial charge >= 0.3 is 5.97 Å². The zero-order valence-electron chi connectivity index (χ0n) is 22.7. The third kappa shape index (κ3) is 5.53. The van der Waals surface area contributed by atoms with Crippen LogP contribution in [-0.2, 0) is 16.0 Å². The first-order valence-corrected chi connectivity index (χ1v) is 14.8. The number of carbonyl (C=O) groups excluding carboxylic acids is 2. The smallest absolute Gasteiger partial charge is 0.335 e. The number of nitrogens with zero attached hydrogens (tertiary/aromatic N) is 1. The van der Waals surface area contributed by atoms with Gasteiger partial charge < -0.3 is 21.1 Å². The van der Waals surface area contributed by atoms with E-state index in [1.165, 1.54) is 23.5 Å². The maximum atomic E-state index is 14.3. The number of hydrogen-bond donors (Lipinski definition) is 3. The molecule has 0 radical (unpaired) electrons. The average Bonchev–Trinajstić information content (AvgIpc) is 3.37. The van der Waals surface area contributed by atoms with Crippen LogP contribution in [-0.4, -0.2) is 39.9 Å². The molecule has 1 aliphatic heterocycles. The van der Waals surface area contributed by atoms with Crippen LogP contribution in [0.4, 0.5) is 5.69 Å². The van der Waals surface area contributed by atoms with E-state index >= 15 is 0 Å². The molecule has 210 valence electrons. The maximum Gasteiger partial charge on any atom is 0.335 e. The number of halogens is 1. The van der Waals surface area contributed by atoms with E-state index < -0.39 is 17.6 Å². The van der Waals surface area contributed by atoms with Crippen molar-refractivity contribution in [1.82, 2.24) is 4.90 Å².